The molecule has 0 spiro atoms. The Labute approximate surface area is 194 Å². The molecular formula is C27H28N6. The van der Waals surface area contributed by atoms with Gasteiger partial charge in [0.1, 0.15) is 11.6 Å². The maximum atomic E-state index is 5.92. The van der Waals surface area contributed by atoms with Crippen LogP contribution in [0, 0.1) is 0 Å². The fraction of sp³-hybridized carbons (Fsp3) is 0.185. The number of anilines is 3. The number of rotatable bonds is 5. The van der Waals surface area contributed by atoms with Crippen molar-refractivity contribution in [2.24, 2.45) is 0 Å². The average molecular weight is 437 g/mol. The predicted molar refractivity (Wildman–Crippen MR) is 134 cm³/mol. The van der Waals surface area contributed by atoms with Crippen LogP contribution in [0.4, 0.5) is 17.6 Å². The Balaban J connectivity index is 1.59. The van der Waals surface area contributed by atoms with E-state index in [1.54, 1.807) is 6.07 Å². The molecule has 0 unspecified atom stereocenters. The maximum Gasteiger partial charge on any atom is 0.223 e. The second kappa shape index (κ2) is 8.92. The fourth-order valence-corrected chi connectivity index (χ4v) is 4.99. The first-order valence-corrected chi connectivity index (χ1v) is 11.2. The summed E-state index contributed by atoms with van der Waals surface area (Å²) in [6, 6.07) is 34.2. The largest absolute Gasteiger partial charge is 0.383 e. The lowest BCUT2D eigenvalue weighted by Crippen LogP contribution is -2.56. The lowest BCUT2D eigenvalue weighted by atomic mass is 9.75. The smallest absolute Gasteiger partial charge is 0.223 e. The lowest BCUT2D eigenvalue weighted by Gasteiger charge is -2.49. The molecule has 33 heavy (non-hydrogen) atoms. The average Bonchev–Trinajstić information content (AvgIpc) is 2.86. The van der Waals surface area contributed by atoms with Crippen LogP contribution in [0.2, 0.25) is 0 Å². The van der Waals surface area contributed by atoms with Gasteiger partial charge in [-0.25, -0.2) is 0 Å². The Morgan fingerprint density at radius 2 is 1.06 bits per heavy atom. The molecule has 2 heterocycles. The highest BCUT2D eigenvalue weighted by atomic mass is 15.3. The van der Waals surface area contributed by atoms with Gasteiger partial charge >= 0.3 is 0 Å². The van der Waals surface area contributed by atoms with Crippen molar-refractivity contribution >= 4 is 17.6 Å². The minimum atomic E-state index is -0.403. The number of nitrogen functional groups attached to an aromatic ring is 2. The monoisotopic (exact) mass is 436 g/mol. The van der Waals surface area contributed by atoms with E-state index in [0.717, 1.165) is 32.0 Å². The van der Waals surface area contributed by atoms with Crippen molar-refractivity contribution in [3.8, 4) is 0 Å². The van der Waals surface area contributed by atoms with Crippen LogP contribution in [0.15, 0.2) is 97.1 Å². The molecule has 3 aromatic carbocycles. The minimum absolute atomic E-state index is 0.208. The summed E-state index contributed by atoms with van der Waals surface area (Å²) in [5.74, 6) is 1.39. The van der Waals surface area contributed by atoms with E-state index in [1.807, 2.05) is 0 Å². The molecule has 0 saturated carbocycles. The third kappa shape index (κ3) is 3.90. The summed E-state index contributed by atoms with van der Waals surface area (Å²) in [5.41, 5.74) is 15.1. The van der Waals surface area contributed by atoms with E-state index in [-0.39, 0.29) is 5.95 Å². The molecule has 6 nitrogen and oxygen atoms in total. The van der Waals surface area contributed by atoms with Gasteiger partial charge in [-0.05, 0) is 16.7 Å². The Morgan fingerprint density at radius 3 is 1.48 bits per heavy atom. The number of hydrogen-bond donors (Lipinski definition) is 2. The molecule has 166 valence electrons. The topological polar surface area (TPSA) is 84.3 Å². The number of hydrogen-bond acceptors (Lipinski definition) is 6. The van der Waals surface area contributed by atoms with E-state index in [0.29, 0.717) is 5.82 Å². The van der Waals surface area contributed by atoms with Crippen molar-refractivity contribution in [2.75, 3.05) is 42.5 Å². The van der Waals surface area contributed by atoms with Crippen LogP contribution < -0.4 is 16.4 Å². The highest BCUT2D eigenvalue weighted by Crippen LogP contribution is 2.43. The van der Waals surface area contributed by atoms with Gasteiger partial charge < -0.3 is 16.4 Å². The zero-order valence-electron chi connectivity index (χ0n) is 18.5. The zero-order chi connectivity index (χ0) is 22.7. The molecule has 4 N–H and O–H groups in total. The normalized spacial score (nSPS) is 14.8. The molecule has 0 amide bonds. The Kier molecular flexibility index (Phi) is 5.67. The second-order valence-electron chi connectivity index (χ2n) is 8.29. The molecule has 5 rings (SSSR count). The van der Waals surface area contributed by atoms with E-state index < -0.39 is 5.54 Å². The molecule has 1 fully saturated rings. The number of nitrogens with two attached hydrogens (primary N) is 2. The van der Waals surface area contributed by atoms with Crippen molar-refractivity contribution < 1.29 is 0 Å². The number of benzene rings is 3. The quantitative estimate of drug-likeness (QED) is 0.464. The molecule has 0 radical (unpaired) electrons. The van der Waals surface area contributed by atoms with Crippen LogP contribution in [0.25, 0.3) is 0 Å². The van der Waals surface area contributed by atoms with Gasteiger partial charge in [0.15, 0.2) is 0 Å². The summed E-state index contributed by atoms with van der Waals surface area (Å²) in [6.07, 6.45) is 0. The summed E-state index contributed by atoms with van der Waals surface area (Å²) in [4.78, 5) is 13.2. The number of nitrogens with zero attached hydrogens (tertiary/aromatic N) is 4. The van der Waals surface area contributed by atoms with Crippen molar-refractivity contribution in [2.45, 2.75) is 5.54 Å². The van der Waals surface area contributed by atoms with Gasteiger partial charge in [0, 0.05) is 32.2 Å². The Morgan fingerprint density at radius 1 is 0.606 bits per heavy atom. The van der Waals surface area contributed by atoms with Gasteiger partial charge in [-0.1, -0.05) is 91.0 Å². The highest BCUT2D eigenvalue weighted by Gasteiger charge is 2.43. The molecule has 1 saturated heterocycles. The summed E-state index contributed by atoms with van der Waals surface area (Å²) < 4.78 is 0. The van der Waals surface area contributed by atoms with Gasteiger partial charge in [-0.2, -0.15) is 9.97 Å². The van der Waals surface area contributed by atoms with Gasteiger partial charge in [-0.3, -0.25) is 4.90 Å². The Hall–Kier alpha value is -3.90. The van der Waals surface area contributed by atoms with E-state index in [4.69, 9.17) is 11.5 Å². The van der Waals surface area contributed by atoms with Gasteiger partial charge in [0.2, 0.25) is 5.95 Å². The third-order valence-corrected chi connectivity index (χ3v) is 6.40. The fourth-order valence-electron chi connectivity index (χ4n) is 4.99. The predicted octanol–water partition coefficient (Wildman–Crippen LogP) is 3.76. The van der Waals surface area contributed by atoms with Crippen molar-refractivity contribution in [1.82, 2.24) is 14.9 Å². The van der Waals surface area contributed by atoms with Crippen LogP contribution in [-0.2, 0) is 5.54 Å². The molecule has 0 aliphatic carbocycles. The van der Waals surface area contributed by atoms with Crippen LogP contribution in [0.1, 0.15) is 16.7 Å². The van der Waals surface area contributed by atoms with Crippen molar-refractivity contribution in [1.29, 1.82) is 0 Å². The molecule has 0 bridgehead atoms. The van der Waals surface area contributed by atoms with E-state index in [9.17, 15) is 0 Å². The molecule has 1 aliphatic rings. The molecule has 1 aromatic heterocycles. The summed E-state index contributed by atoms with van der Waals surface area (Å²) in [7, 11) is 0. The third-order valence-electron chi connectivity index (χ3n) is 6.40. The van der Waals surface area contributed by atoms with Crippen LogP contribution in [0.5, 0.6) is 0 Å². The van der Waals surface area contributed by atoms with Crippen LogP contribution in [0.3, 0.4) is 0 Å². The lowest BCUT2D eigenvalue weighted by molar-refractivity contribution is 0.147. The van der Waals surface area contributed by atoms with Crippen molar-refractivity contribution in [3.63, 3.8) is 0 Å². The summed E-state index contributed by atoms with van der Waals surface area (Å²) in [6.45, 7) is 3.32. The van der Waals surface area contributed by atoms with E-state index >= 15 is 0 Å². The Bertz CT molecular complexity index is 1070. The maximum absolute atomic E-state index is 5.92. The van der Waals surface area contributed by atoms with Crippen LogP contribution in [-0.4, -0.2) is 41.0 Å². The zero-order valence-corrected chi connectivity index (χ0v) is 18.5. The molecule has 1 aliphatic heterocycles. The van der Waals surface area contributed by atoms with E-state index in [2.05, 4.69) is 111 Å². The standard InChI is InChI=1S/C27H28N6/c28-24-20-25(31-26(29)30-24)32-16-18-33(19-17-32)27(21-10-4-1-5-11-21,22-12-6-2-7-13-22)23-14-8-3-9-15-23/h1-15,20H,16-19H2,(H4,28,29,30,31). The second-order valence-corrected chi connectivity index (χ2v) is 8.29. The first kappa shape index (κ1) is 21.0. The molecular weight excluding hydrogens is 408 g/mol. The van der Waals surface area contributed by atoms with Crippen LogP contribution >= 0.6 is 0 Å². The SMILES string of the molecule is Nc1cc(N2CCN(C(c3ccccc3)(c3ccccc3)c3ccccc3)CC2)nc(N)n1. The van der Waals surface area contributed by atoms with Crippen molar-refractivity contribution in [3.05, 3.63) is 114 Å². The molecule has 0 atom stereocenters. The molecule has 6 heteroatoms. The van der Waals surface area contributed by atoms with E-state index in [1.165, 1.54) is 16.7 Å². The van der Waals surface area contributed by atoms with Gasteiger partial charge in [-0.15, -0.1) is 0 Å². The van der Waals surface area contributed by atoms with Gasteiger partial charge in [0.25, 0.3) is 0 Å². The first-order valence-electron chi connectivity index (χ1n) is 11.2. The van der Waals surface area contributed by atoms with Gasteiger partial charge in [0.05, 0.1) is 5.54 Å². The highest BCUT2D eigenvalue weighted by molar-refractivity contribution is 5.52. The number of piperazine rings is 1. The molecule has 4 aromatic rings. The number of aromatic nitrogens is 2. The first-order chi connectivity index (χ1) is 16.2. The summed E-state index contributed by atoms with van der Waals surface area (Å²) in [5, 5.41) is 0. The minimum Gasteiger partial charge on any atom is -0.383 e. The summed E-state index contributed by atoms with van der Waals surface area (Å²) >= 11 is 0.